The molecule has 6 nitrogen and oxygen atoms in total. The molecule has 0 radical (unpaired) electrons. The Kier molecular flexibility index (Phi) is 6.18. The fourth-order valence-corrected chi connectivity index (χ4v) is 3.76. The van der Waals surface area contributed by atoms with E-state index in [-0.39, 0.29) is 24.1 Å². The molecule has 0 atom stereocenters. The van der Waals surface area contributed by atoms with Crippen LogP contribution < -0.4 is 14.8 Å². The minimum absolute atomic E-state index is 0.199. The average Bonchev–Trinajstić information content (AvgIpc) is 3.05. The van der Waals surface area contributed by atoms with E-state index in [1.807, 2.05) is 62.4 Å². The summed E-state index contributed by atoms with van der Waals surface area (Å²) in [5.41, 5.74) is 4.97. The quantitative estimate of drug-likeness (QED) is 0.537. The number of carbonyl (C=O) groups is 2. The first-order valence-electron chi connectivity index (χ1n) is 10.6. The molecule has 1 heterocycles. The van der Waals surface area contributed by atoms with Gasteiger partial charge in [0.15, 0.2) is 11.5 Å². The number of methoxy groups -OCH3 is 2. The molecule has 6 heteroatoms. The zero-order chi connectivity index (χ0) is 23.5. The van der Waals surface area contributed by atoms with Crippen LogP contribution >= 0.6 is 0 Å². The number of aryl methyl sites for hydroxylation is 2. The van der Waals surface area contributed by atoms with E-state index in [4.69, 9.17) is 9.47 Å². The first-order valence-corrected chi connectivity index (χ1v) is 10.6. The number of anilines is 1. The van der Waals surface area contributed by atoms with Crippen molar-refractivity contribution >= 4 is 23.1 Å². The molecule has 2 amide bonds. The van der Waals surface area contributed by atoms with Gasteiger partial charge in [0.1, 0.15) is 5.70 Å². The number of benzene rings is 3. The van der Waals surface area contributed by atoms with Crippen molar-refractivity contribution < 1.29 is 19.1 Å². The summed E-state index contributed by atoms with van der Waals surface area (Å²) in [5.74, 6) is 0.400. The molecule has 0 spiro atoms. The predicted octanol–water partition coefficient (Wildman–Crippen LogP) is 4.71. The van der Waals surface area contributed by atoms with Crippen LogP contribution in [0.15, 0.2) is 72.4 Å². The van der Waals surface area contributed by atoms with Crippen LogP contribution in [-0.2, 0) is 16.1 Å². The third kappa shape index (κ3) is 4.46. The number of amides is 2. The maximum Gasteiger partial charge on any atom is 0.278 e. The van der Waals surface area contributed by atoms with Crippen molar-refractivity contribution in [3.05, 3.63) is 94.7 Å². The maximum absolute atomic E-state index is 13.5. The molecule has 33 heavy (non-hydrogen) atoms. The van der Waals surface area contributed by atoms with Gasteiger partial charge in [-0.2, -0.15) is 0 Å². The molecule has 0 saturated carbocycles. The van der Waals surface area contributed by atoms with E-state index in [0.717, 1.165) is 16.7 Å². The van der Waals surface area contributed by atoms with Crippen LogP contribution in [-0.4, -0.2) is 30.9 Å². The second-order valence-electron chi connectivity index (χ2n) is 7.99. The van der Waals surface area contributed by atoms with Gasteiger partial charge in [-0.25, -0.2) is 0 Å². The van der Waals surface area contributed by atoms with Gasteiger partial charge in [-0.3, -0.25) is 14.5 Å². The summed E-state index contributed by atoms with van der Waals surface area (Å²) >= 11 is 0. The van der Waals surface area contributed by atoms with Gasteiger partial charge < -0.3 is 14.8 Å². The molecular formula is C27H26N2O4. The van der Waals surface area contributed by atoms with Crippen molar-refractivity contribution in [3.8, 4) is 11.5 Å². The highest BCUT2D eigenvalue weighted by Crippen LogP contribution is 2.34. The van der Waals surface area contributed by atoms with Gasteiger partial charge in [0, 0.05) is 11.8 Å². The van der Waals surface area contributed by atoms with Gasteiger partial charge in [0.25, 0.3) is 11.8 Å². The molecule has 0 saturated heterocycles. The van der Waals surface area contributed by atoms with Gasteiger partial charge in [0.2, 0.25) is 0 Å². The molecule has 0 fully saturated rings. The molecule has 1 aliphatic heterocycles. The molecule has 1 N–H and O–H groups in total. The van der Waals surface area contributed by atoms with Crippen LogP contribution in [0.5, 0.6) is 11.5 Å². The smallest absolute Gasteiger partial charge is 0.278 e. The number of imide groups is 1. The number of hydrogen-bond donors (Lipinski definition) is 1. The summed E-state index contributed by atoms with van der Waals surface area (Å²) in [6.07, 6.45) is 0. The molecule has 0 aromatic heterocycles. The van der Waals surface area contributed by atoms with Crippen LogP contribution in [0.25, 0.3) is 5.57 Å². The molecular weight excluding hydrogens is 416 g/mol. The molecule has 0 unspecified atom stereocenters. The summed E-state index contributed by atoms with van der Waals surface area (Å²) in [7, 11) is 3.11. The lowest BCUT2D eigenvalue weighted by Crippen LogP contribution is -2.32. The molecule has 3 aromatic carbocycles. The molecule has 0 aliphatic carbocycles. The Morgan fingerprint density at radius 3 is 1.97 bits per heavy atom. The van der Waals surface area contributed by atoms with Crippen molar-refractivity contribution in [1.82, 2.24) is 4.90 Å². The summed E-state index contributed by atoms with van der Waals surface area (Å²) in [6.45, 7) is 4.18. The Hall–Kier alpha value is -4.06. The Bertz CT molecular complexity index is 1230. The van der Waals surface area contributed by atoms with Crippen LogP contribution in [0, 0.1) is 13.8 Å². The summed E-state index contributed by atoms with van der Waals surface area (Å²) in [5, 5.41) is 3.17. The number of rotatable bonds is 7. The topological polar surface area (TPSA) is 67.9 Å². The van der Waals surface area contributed by atoms with E-state index in [2.05, 4.69) is 5.32 Å². The first-order chi connectivity index (χ1) is 15.9. The molecule has 1 aliphatic rings. The van der Waals surface area contributed by atoms with Crippen LogP contribution in [0.4, 0.5) is 5.69 Å². The Morgan fingerprint density at radius 1 is 0.758 bits per heavy atom. The monoisotopic (exact) mass is 442 g/mol. The summed E-state index contributed by atoms with van der Waals surface area (Å²) < 4.78 is 10.7. The number of carbonyl (C=O) groups excluding carboxylic acids is 2. The first kappa shape index (κ1) is 22.1. The highest BCUT2D eigenvalue weighted by atomic mass is 16.5. The van der Waals surface area contributed by atoms with Crippen LogP contribution in [0.1, 0.15) is 22.3 Å². The average molecular weight is 443 g/mol. The lowest BCUT2D eigenvalue weighted by Gasteiger charge is -2.16. The highest BCUT2D eigenvalue weighted by molar-refractivity contribution is 6.36. The number of ether oxygens (including phenoxy) is 2. The van der Waals surface area contributed by atoms with Crippen molar-refractivity contribution in [1.29, 1.82) is 0 Å². The fraction of sp³-hybridized carbons (Fsp3) is 0.185. The van der Waals surface area contributed by atoms with Gasteiger partial charge in [-0.15, -0.1) is 0 Å². The highest BCUT2D eigenvalue weighted by Gasteiger charge is 2.39. The van der Waals surface area contributed by atoms with Crippen molar-refractivity contribution in [2.45, 2.75) is 20.4 Å². The second-order valence-corrected chi connectivity index (χ2v) is 7.99. The van der Waals surface area contributed by atoms with Crippen molar-refractivity contribution in [2.24, 2.45) is 0 Å². The SMILES string of the molecule is COc1ccc(NC2=C(c3ccc(C)cc3)C(=O)N(Cc3ccc(C)cc3)C2=O)cc1OC. The minimum atomic E-state index is -0.370. The van der Waals surface area contributed by atoms with E-state index in [9.17, 15) is 9.59 Å². The van der Waals surface area contributed by atoms with Gasteiger partial charge in [-0.1, -0.05) is 59.7 Å². The number of nitrogens with one attached hydrogen (secondary N) is 1. The third-order valence-corrected chi connectivity index (χ3v) is 5.62. The van der Waals surface area contributed by atoms with Gasteiger partial charge in [0.05, 0.1) is 26.3 Å². The lowest BCUT2D eigenvalue weighted by atomic mass is 10.0. The van der Waals surface area contributed by atoms with E-state index >= 15 is 0 Å². The van der Waals surface area contributed by atoms with Gasteiger partial charge >= 0.3 is 0 Å². The Morgan fingerprint density at radius 2 is 1.36 bits per heavy atom. The zero-order valence-corrected chi connectivity index (χ0v) is 19.1. The molecule has 4 rings (SSSR count). The summed E-state index contributed by atoms with van der Waals surface area (Å²) in [4.78, 5) is 28.2. The number of nitrogens with zero attached hydrogens (tertiary/aromatic N) is 1. The predicted molar refractivity (Wildman–Crippen MR) is 128 cm³/mol. The minimum Gasteiger partial charge on any atom is -0.493 e. The largest absolute Gasteiger partial charge is 0.493 e. The summed E-state index contributed by atoms with van der Waals surface area (Å²) in [6, 6.07) is 20.6. The third-order valence-electron chi connectivity index (χ3n) is 5.62. The second kappa shape index (κ2) is 9.20. The molecule has 168 valence electrons. The van der Waals surface area contributed by atoms with Crippen molar-refractivity contribution in [3.63, 3.8) is 0 Å². The van der Waals surface area contributed by atoms with E-state index in [1.165, 1.54) is 4.90 Å². The van der Waals surface area contributed by atoms with E-state index < -0.39 is 0 Å². The number of hydrogen-bond acceptors (Lipinski definition) is 5. The van der Waals surface area contributed by atoms with E-state index in [0.29, 0.717) is 28.3 Å². The Labute approximate surface area is 193 Å². The lowest BCUT2D eigenvalue weighted by molar-refractivity contribution is -0.137. The zero-order valence-electron chi connectivity index (χ0n) is 19.1. The fourth-order valence-electron chi connectivity index (χ4n) is 3.76. The normalized spacial score (nSPS) is 13.5. The van der Waals surface area contributed by atoms with Crippen LogP contribution in [0.3, 0.4) is 0 Å². The standard InChI is InChI=1S/C27H26N2O4/c1-17-5-9-19(10-6-17)16-29-26(30)24(20-11-7-18(2)8-12-20)25(27(29)31)28-21-13-14-22(32-3)23(15-21)33-4/h5-15,28H,16H2,1-4H3. The van der Waals surface area contributed by atoms with E-state index in [1.54, 1.807) is 32.4 Å². The molecule has 0 bridgehead atoms. The van der Waals surface area contributed by atoms with Crippen molar-refractivity contribution in [2.75, 3.05) is 19.5 Å². The van der Waals surface area contributed by atoms with Gasteiger partial charge in [-0.05, 0) is 37.1 Å². The Balaban J connectivity index is 1.73. The van der Waals surface area contributed by atoms with Crippen LogP contribution in [0.2, 0.25) is 0 Å². The maximum atomic E-state index is 13.5. The molecule has 3 aromatic rings.